The molecule has 2 atom stereocenters. The summed E-state index contributed by atoms with van der Waals surface area (Å²) in [6, 6.07) is 47.0. The SMILES string of the molecule is OCc1c(OCc2ccccc2)cc(OCc2ccccc2)c2c1O[C@H](c1ccc(OCc3ccccc3)c(OCc3ccccc3)c1)[C@@H](O)C2. The van der Waals surface area contributed by atoms with Gasteiger partial charge < -0.3 is 33.9 Å². The standard InChI is InChI=1S/C44H40O7/c45-26-37-41(49-29-33-17-9-3-10-18-33)25-40(48-28-32-15-7-2-8-16-32)36-24-38(46)43(51-44(36)37)35-21-22-39(47-27-31-13-5-1-6-14-31)42(23-35)50-30-34-19-11-4-12-20-34/h1-23,25,38,43,45-46H,24,26-30H2/t38-,43+/m0/s1. The lowest BCUT2D eigenvalue weighted by molar-refractivity contribution is 0.0175. The van der Waals surface area contributed by atoms with Gasteiger partial charge in [0.25, 0.3) is 0 Å². The van der Waals surface area contributed by atoms with Gasteiger partial charge in [-0.1, -0.05) is 127 Å². The Morgan fingerprint density at radius 2 is 0.961 bits per heavy atom. The van der Waals surface area contributed by atoms with Crippen molar-refractivity contribution in [2.75, 3.05) is 0 Å². The summed E-state index contributed by atoms with van der Waals surface area (Å²) in [5.74, 6) is 2.53. The molecule has 2 N–H and O–H groups in total. The number of aliphatic hydroxyl groups excluding tert-OH is 2. The largest absolute Gasteiger partial charge is 0.488 e. The molecule has 0 saturated heterocycles. The van der Waals surface area contributed by atoms with E-state index in [2.05, 4.69) is 0 Å². The normalized spacial score (nSPS) is 14.9. The van der Waals surface area contributed by atoms with Gasteiger partial charge in [-0.3, -0.25) is 0 Å². The molecule has 0 fully saturated rings. The lowest BCUT2D eigenvalue weighted by Crippen LogP contribution is -2.31. The third kappa shape index (κ3) is 8.35. The average Bonchev–Trinajstić information content (AvgIpc) is 3.19. The third-order valence-electron chi connectivity index (χ3n) is 8.82. The molecule has 1 aliphatic heterocycles. The van der Waals surface area contributed by atoms with Crippen LogP contribution in [0.4, 0.5) is 0 Å². The molecule has 0 aromatic heterocycles. The summed E-state index contributed by atoms with van der Waals surface area (Å²) in [4.78, 5) is 0. The van der Waals surface area contributed by atoms with E-state index in [0.717, 1.165) is 22.3 Å². The summed E-state index contributed by atoms with van der Waals surface area (Å²) in [5.41, 5.74) is 5.90. The summed E-state index contributed by atoms with van der Waals surface area (Å²) in [7, 11) is 0. The molecule has 6 aromatic carbocycles. The zero-order valence-electron chi connectivity index (χ0n) is 28.2. The van der Waals surface area contributed by atoms with E-state index in [4.69, 9.17) is 23.7 Å². The van der Waals surface area contributed by atoms with Gasteiger partial charge in [0.1, 0.15) is 49.8 Å². The summed E-state index contributed by atoms with van der Waals surface area (Å²) < 4.78 is 31.9. The number of benzene rings is 6. The maximum Gasteiger partial charge on any atom is 0.162 e. The zero-order valence-corrected chi connectivity index (χ0v) is 28.2. The molecule has 0 saturated carbocycles. The van der Waals surface area contributed by atoms with E-state index < -0.39 is 12.2 Å². The van der Waals surface area contributed by atoms with E-state index in [0.29, 0.717) is 71.9 Å². The van der Waals surface area contributed by atoms with Gasteiger partial charge in [-0.2, -0.15) is 0 Å². The summed E-state index contributed by atoms with van der Waals surface area (Å²) in [6.07, 6.45) is -1.45. The first kappa shape index (κ1) is 33.7. The molecule has 0 radical (unpaired) electrons. The quantitative estimate of drug-likeness (QED) is 0.119. The van der Waals surface area contributed by atoms with Crippen LogP contribution in [0.1, 0.15) is 45.0 Å². The third-order valence-corrected chi connectivity index (χ3v) is 8.82. The lowest BCUT2D eigenvalue weighted by Gasteiger charge is -2.34. The van der Waals surface area contributed by atoms with Crippen molar-refractivity contribution >= 4 is 0 Å². The van der Waals surface area contributed by atoms with E-state index in [1.165, 1.54) is 0 Å². The van der Waals surface area contributed by atoms with Crippen LogP contribution >= 0.6 is 0 Å². The highest BCUT2D eigenvalue weighted by Gasteiger charge is 2.35. The van der Waals surface area contributed by atoms with Crippen molar-refractivity contribution in [2.24, 2.45) is 0 Å². The van der Waals surface area contributed by atoms with E-state index in [9.17, 15) is 10.2 Å². The Kier molecular flexibility index (Phi) is 10.8. The van der Waals surface area contributed by atoms with Crippen molar-refractivity contribution in [3.63, 3.8) is 0 Å². The van der Waals surface area contributed by atoms with Crippen LogP contribution in [0.2, 0.25) is 0 Å². The van der Waals surface area contributed by atoms with E-state index in [1.807, 2.05) is 140 Å². The molecule has 51 heavy (non-hydrogen) atoms. The molecule has 258 valence electrons. The predicted octanol–water partition coefficient (Wildman–Crippen LogP) is 8.53. The lowest BCUT2D eigenvalue weighted by atomic mass is 9.92. The van der Waals surface area contributed by atoms with Gasteiger partial charge in [-0.15, -0.1) is 0 Å². The predicted molar refractivity (Wildman–Crippen MR) is 195 cm³/mol. The Balaban J connectivity index is 1.21. The van der Waals surface area contributed by atoms with Crippen LogP contribution in [-0.2, 0) is 39.5 Å². The molecule has 0 spiro atoms. The number of hydrogen-bond donors (Lipinski definition) is 2. The van der Waals surface area contributed by atoms with Crippen LogP contribution in [0.15, 0.2) is 146 Å². The van der Waals surface area contributed by atoms with Crippen LogP contribution in [0.25, 0.3) is 0 Å². The summed E-state index contributed by atoms with van der Waals surface area (Å²) in [5, 5.41) is 22.3. The fourth-order valence-electron chi connectivity index (χ4n) is 6.13. The molecule has 7 rings (SSSR count). The van der Waals surface area contributed by atoms with Crippen molar-refractivity contribution < 1.29 is 33.9 Å². The monoisotopic (exact) mass is 680 g/mol. The fraction of sp³-hybridized carbons (Fsp3) is 0.182. The topological polar surface area (TPSA) is 86.6 Å². The Bertz CT molecular complexity index is 2000. The average molecular weight is 681 g/mol. The minimum absolute atomic E-state index is 0.239. The molecule has 0 bridgehead atoms. The van der Waals surface area contributed by atoms with Crippen molar-refractivity contribution in [3.8, 4) is 28.7 Å². The van der Waals surface area contributed by atoms with Gasteiger partial charge in [0, 0.05) is 18.1 Å². The smallest absolute Gasteiger partial charge is 0.162 e. The molecule has 1 heterocycles. The highest BCUT2D eigenvalue weighted by molar-refractivity contribution is 5.59. The van der Waals surface area contributed by atoms with Crippen LogP contribution < -0.4 is 23.7 Å². The van der Waals surface area contributed by atoms with Crippen molar-refractivity contribution in [1.82, 2.24) is 0 Å². The van der Waals surface area contributed by atoms with Gasteiger partial charge in [-0.05, 0) is 39.9 Å². The molecule has 7 heteroatoms. The maximum absolute atomic E-state index is 11.6. The van der Waals surface area contributed by atoms with Gasteiger partial charge >= 0.3 is 0 Å². The highest BCUT2D eigenvalue weighted by atomic mass is 16.5. The molecule has 0 amide bonds. The Labute approximate surface area is 298 Å². The maximum atomic E-state index is 11.6. The molecular formula is C44H40O7. The molecule has 1 aliphatic rings. The van der Waals surface area contributed by atoms with Crippen LogP contribution in [0.3, 0.4) is 0 Å². The Morgan fingerprint density at radius 3 is 1.45 bits per heavy atom. The van der Waals surface area contributed by atoms with Crippen LogP contribution in [-0.4, -0.2) is 16.3 Å². The summed E-state index contributed by atoms with van der Waals surface area (Å²) >= 11 is 0. The van der Waals surface area contributed by atoms with E-state index >= 15 is 0 Å². The number of hydrogen-bond acceptors (Lipinski definition) is 7. The van der Waals surface area contributed by atoms with Gasteiger partial charge in [0.2, 0.25) is 0 Å². The molecule has 0 unspecified atom stereocenters. The van der Waals surface area contributed by atoms with Crippen molar-refractivity contribution in [3.05, 3.63) is 185 Å². The van der Waals surface area contributed by atoms with E-state index in [1.54, 1.807) is 6.07 Å². The minimum atomic E-state index is -0.919. The first-order chi connectivity index (χ1) is 25.1. The first-order valence-corrected chi connectivity index (χ1v) is 17.1. The Morgan fingerprint density at radius 1 is 0.510 bits per heavy atom. The number of ether oxygens (including phenoxy) is 5. The second kappa shape index (κ2) is 16.3. The second-order valence-corrected chi connectivity index (χ2v) is 12.4. The van der Waals surface area contributed by atoms with Crippen LogP contribution in [0.5, 0.6) is 28.7 Å². The fourth-order valence-corrected chi connectivity index (χ4v) is 6.13. The summed E-state index contributed by atoms with van der Waals surface area (Å²) in [6.45, 7) is 0.988. The highest BCUT2D eigenvalue weighted by Crippen LogP contribution is 2.47. The number of rotatable bonds is 14. The zero-order chi connectivity index (χ0) is 34.8. The molecule has 0 aliphatic carbocycles. The molecular weight excluding hydrogens is 640 g/mol. The number of fused-ring (bicyclic) bond motifs is 1. The molecule has 6 aromatic rings. The van der Waals surface area contributed by atoms with Crippen molar-refractivity contribution in [1.29, 1.82) is 0 Å². The van der Waals surface area contributed by atoms with Gasteiger partial charge in [0.05, 0.1) is 18.3 Å². The van der Waals surface area contributed by atoms with E-state index in [-0.39, 0.29) is 13.0 Å². The van der Waals surface area contributed by atoms with Crippen LogP contribution in [0, 0.1) is 0 Å². The first-order valence-electron chi connectivity index (χ1n) is 17.1. The minimum Gasteiger partial charge on any atom is -0.488 e. The number of aliphatic hydroxyl groups is 2. The Hall–Kier alpha value is -5.76. The second-order valence-electron chi connectivity index (χ2n) is 12.4. The van der Waals surface area contributed by atoms with Crippen molar-refractivity contribution in [2.45, 2.75) is 51.7 Å². The molecule has 7 nitrogen and oxygen atoms in total. The van der Waals surface area contributed by atoms with Gasteiger partial charge in [-0.25, -0.2) is 0 Å². The van der Waals surface area contributed by atoms with Gasteiger partial charge in [0.15, 0.2) is 11.5 Å².